The Bertz CT molecular complexity index is 799. The summed E-state index contributed by atoms with van der Waals surface area (Å²) in [5.74, 6) is 1.28. The van der Waals surface area contributed by atoms with Gasteiger partial charge in [0.15, 0.2) is 0 Å². The molecule has 1 aromatic carbocycles. The smallest absolute Gasteiger partial charge is 0.229 e. The van der Waals surface area contributed by atoms with Crippen LogP contribution >= 0.6 is 0 Å². The number of hydrogen-bond acceptors (Lipinski definition) is 6. The molecular formula is C19H21N5O. The van der Waals surface area contributed by atoms with E-state index in [0.29, 0.717) is 11.5 Å². The maximum atomic E-state index is 11.3. The van der Waals surface area contributed by atoms with E-state index < -0.39 is 0 Å². The Morgan fingerprint density at radius 2 is 2.28 bits per heavy atom. The Morgan fingerprint density at radius 3 is 3.04 bits per heavy atom. The highest BCUT2D eigenvalue weighted by Gasteiger charge is 2.25. The van der Waals surface area contributed by atoms with Gasteiger partial charge in [0, 0.05) is 24.0 Å². The third-order valence-electron chi connectivity index (χ3n) is 4.27. The first-order valence-electron chi connectivity index (χ1n) is 8.60. The molecule has 0 unspecified atom stereocenters. The number of rotatable bonds is 6. The first-order chi connectivity index (χ1) is 12.2. The number of nitrogens with one attached hydrogen (secondary N) is 1. The van der Waals surface area contributed by atoms with Gasteiger partial charge in [0.05, 0.1) is 17.7 Å². The minimum absolute atomic E-state index is 0.112. The summed E-state index contributed by atoms with van der Waals surface area (Å²) < 4.78 is 0. The molecule has 6 nitrogen and oxygen atoms in total. The fraction of sp³-hybridized carbons (Fsp3) is 0.368. The number of nitrogens with zero attached hydrogens (tertiary/aromatic N) is 4. The summed E-state index contributed by atoms with van der Waals surface area (Å²) >= 11 is 0. The second-order valence-electron chi connectivity index (χ2n) is 6.15. The van der Waals surface area contributed by atoms with Gasteiger partial charge in [-0.15, -0.1) is 0 Å². The molecule has 2 aromatic rings. The second-order valence-corrected chi connectivity index (χ2v) is 6.15. The van der Waals surface area contributed by atoms with Crippen LogP contribution in [0.5, 0.6) is 0 Å². The van der Waals surface area contributed by atoms with Crippen LogP contribution in [0.1, 0.15) is 37.4 Å². The zero-order chi connectivity index (χ0) is 17.6. The highest BCUT2D eigenvalue weighted by atomic mass is 16.1. The van der Waals surface area contributed by atoms with Crippen molar-refractivity contribution in [1.82, 2.24) is 9.97 Å². The molecule has 0 bridgehead atoms. The van der Waals surface area contributed by atoms with Crippen molar-refractivity contribution in [3.8, 4) is 6.07 Å². The lowest BCUT2D eigenvalue weighted by Gasteiger charge is -2.22. The fourth-order valence-corrected chi connectivity index (χ4v) is 3.08. The van der Waals surface area contributed by atoms with E-state index in [9.17, 15) is 4.79 Å². The molecule has 128 valence electrons. The number of anilines is 3. The summed E-state index contributed by atoms with van der Waals surface area (Å²) in [6, 6.07) is 11.2. The van der Waals surface area contributed by atoms with Crippen LogP contribution in [-0.2, 0) is 11.2 Å². The lowest BCUT2D eigenvalue weighted by molar-refractivity contribution is -0.108. The average Bonchev–Trinajstić information content (AvgIpc) is 3.11. The summed E-state index contributed by atoms with van der Waals surface area (Å²) in [5.41, 5.74) is 2.30. The number of carbonyl (C=O) groups is 1. The molecule has 0 radical (unpaired) electrons. The van der Waals surface area contributed by atoms with Crippen LogP contribution in [0.4, 0.5) is 17.5 Å². The minimum Gasteiger partial charge on any atom is -0.347 e. The lowest BCUT2D eigenvalue weighted by Crippen LogP contribution is -2.31. The Labute approximate surface area is 147 Å². The molecule has 1 N–H and O–H groups in total. The number of hydrogen-bond donors (Lipinski definition) is 1. The molecule has 0 saturated carbocycles. The Morgan fingerprint density at radius 1 is 1.40 bits per heavy atom. The van der Waals surface area contributed by atoms with E-state index in [-0.39, 0.29) is 6.04 Å². The first-order valence-corrected chi connectivity index (χ1v) is 8.60. The molecule has 25 heavy (non-hydrogen) atoms. The van der Waals surface area contributed by atoms with Crippen molar-refractivity contribution in [2.45, 2.75) is 38.6 Å². The average molecular weight is 335 g/mol. The molecule has 0 spiro atoms. The molecule has 1 aromatic heterocycles. The Balaban J connectivity index is 1.92. The van der Waals surface area contributed by atoms with E-state index in [1.165, 1.54) is 0 Å². The third kappa shape index (κ3) is 3.94. The molecule has 1 aliphatic rings. The highest BCUT2D eigenvalue weighted by molar-refractivity contribution is 5.67. The number of aryl methyl sites for hydroxylation is 1. The van der Waals surface area contributed by atoms with Gasteiger partial charge >= 0.3 is 0 Å². The van der Waals surface area contributed by atoms with Crippen LogP contribution in [-0.4, -0.2) is 28.8 Å². The van der Waals surface area contributed by atoms with E-state index >= 15 is 0 Å². The number of aromatic nitrogens is 2. The van der Waals surface area contributed by atoms with Gasteiger partial charge in [0.2, 0.25) is 5.95 Å². The zero-order valence-electron chi connectivity index (χ0n) is 14.3. The van der Waals surface area contributed by atoms with Crippen molar-refractivity contribution >= 4 is 23.7 Å². The van der Waals surface area contributed by atoms with Crippen LogP contribution in [0.2, 0.25) is 0 Å². The van der Waals surface area contributed by atoms with Gasteiger partial charge in [-0.05, 0) is 37.5 Å². The third-order valence-corrected chi connectivity index (χ3v) is 4.27. The fourth-order valence-electron chi connectivity index (χ4n) is 3.08. The summed E-state index contributed by atoms with van der Waals surface area (Å²) in [4.78, 5) is 22.5. The normalized spacial score (nSPS) is 16.5. The molecule has 1 saturated heterocycles. The van der Waals surface area contributed by atoms with Crippen molar-refractivity contribution in [2.24, 2.45) is 0 Å². The SMILES string of the molecule is CCCc1cc(N2CCC[C@H]2C=O)nc(Nc2cccc(C#N)c2)n1. The van der Waals surface area contributed by atoms with Gasteiger partial charge in [-0.25, -0.2) is 4.98 Å². The van der Waals surface area contributed by atoms with Crippen LogP contribution in [0, 0.1) is 11.3 Å². The molecule has 1 aliphatic heterocycles. The number of aldehydes is 1. The summed E-state index contributed by atoms with van der Waals surface area (Å²) in [7, 11) is 0. The molecule has 1 fully saturated rings. The van der Waals surface area contributed by atoms with Crippen LogP contribution in [0.25, 0.3) is 0 Å². The maximum Gasteiger partial charge on any atom is 0.229 e. The summed E-state index contributed by atoms with van der Waals surface area (Å²) in [6.45, 7) is 2.94. The molecular weight excluding hydrogens is 314 g/mol. The molecule has 3 rings (SSSR count). The predicted molar refractivity (Wildman–Crippen MR) is 96.9 cm³/mol. The molecule has 0 aliphatic carbocycles. The quantitative estimate of drug-likeness (QED) is 0.816. The Hall–Kier alpha value is -2.94. The van der Waals surface area contributed by atoms with Crippen LogP contribution < -0.4 is 10.2 Å². The topological polar surface area (TPSA) is 81.9 Å². The van der Waals surface area contributed by atoms with Crippen LogP contribution in [0.3, 0.4) is 0 Å². The van der Waals surface area contributed by atoms with Crippen molar-refractivity contribution in [3.63, 3.8) is 0 Å². The van der Waals surface area contributed by atoms with E-state index in [4.69, 9.17) is 5.26 Å². The summed E-state index contributed by atoms with van der Waals surface area (Å²) in [5, 5.41) is 12.2. The van der Waals surface area contributed by atoms with Crippen molar-refractivity contribution in [1.29, 1.82) is 5.26 Å². The van der Waals surface area contributed by atoms with E-state index in [0.717, 1.165) is 55.7 Å². The summed E-state index contributed by atoms with van der Waals surface area (Å²) in [6.07, 6.45) is 4.68. The van der Waals surface area contributed by atoms with E-state index in [1.807, 2.05) is 23.1 Å². The van der Waals surface area contributed by atoms with Crippen molar-refractivity contribution in [2.75, 3.05) is 16.8 Å². The van der Waals surface area contributed by atoms with Crippen LogP contribution in [0.15, 0.2) is 30.3 Å². The molecule has 0 amide bonds. The van der Waals surface area contributed by atoms with Gasteiger partial charge < -0.3 is 15.0 Å². The number of nitriles is 1. The van der Waals surface area contributed by atoms with Gasteiger partial charge in [0.25, 0.3) is 0 Å². The maximum absolute atomic E-state index is 11.3. The van der Waals surface area contributed by atoms with Gasteiger partial charge in [0.1, 0.15) is 12.1 Å². The van der Waals surface area contributed by atoms with Crippen molar-refractivity contribution < 1.29 is 4.79 Å². The molecule has 6 heteroatoms. The number of carbonyl (C=O) groups excluding carboxylic acids is 1. The molecule has 1 atom stereocenters. The minimum atomic E-state index is -0.112. The standard InChI is InChI=1S/C19H21N5O/c1-2-5-15-11-18(24-9-4-8-17(24)13-25)23-19(21-15)22-16-7-3-6-14(10-16)12-20/h3,6-7,10-11,13,17H,2,4-5,8-9H2,1H3,(H,21,22,23)/t17-/m0/s1. The highest BCUT2D eigenvalue weighted by Crippen LogP contribution is 2.26. The zero-order valence-corrected chi connectivity index (χ0v) is 14.3. The van der Waals surface area contributed by atoms with E-state index in [2.05, 4.69) is 28.3 Å². The lowest BCUT2D eigenvalue weighted by atomic mass is 10.2. The van der Waals surface area contributed by atoms with Gasteiger partial charge in [-0.3, -0.25) is 0 Å². The Kier molecular flexibility index (Phi) is 5.24. The van der Waals surface area contributed by atoms with Crippen molar-refractivity contribution in [3.05, 3.63) is 41.6 Å². The van der Waals surface area contributed by atoms with E-state index in [1.54, 1.807) is 12.1 Å². The second kappa shape index (κ2) is 7.75. The monoisotopic (exact) mass is 335 g/mol. The van der Waals surface area contributed by atoms with Gasteiger partial charge in [-0.1, -0.05) is 19.4 Å². The largest absolute Gasteiger partial charge is 0.347 e. The first kappa shape index (κ1) is 16.9. The predicted octanol–water partition coefficient (Wildman–Crippen LogP) is 3.21. The number of benzene rings is 1. The van der Waals surface area contributed by atoms with Gasteiger partial charge in [-0.2, -0.15) is 10.2 Å². The molecule has 2 heterocycles.